The Kier molecular flexibility index (Phi) is 2.55. The van der Waals surface area contributed by atoms with E-state index in [1.54, 1.807) is 0 Å². The molecule has 5 heteroatoms. The van der Waals surface area contributed by atoms with Crippen molar-refractivity contribution in [2.75, 3.05) is 18.4 Å². The van der Waals surface area contributed by atoms with E-state index in [0.717, 1.165) is 19.2 Å². The van der Waals surface area contributed by atoms with E-state index in [0.29, 0.717) is 0 Å². The first-order valence-corrected chi connectivity index (χ1v) is 4.67. The molecule has 0 bridgehead atoms. The van der Waals surface area contributed by atoms with Crippen LogP contribution in [-0.2, 0) is 0 Å². The SMILES string of the molecule is O=C(O)c1ccc(F)c(NC2CNC2)c1. The van der Waals surface area contributed by atoms with Gasteiger partial charge in [0.15, 0.2) is 0 Å². The Morgan fingerprint density at radius 1 is 1.53 bits per heavy atom. The van der Waals surface area contributed by atoms with Crippen molar-refractivity contribution in [2.45, 2.75) is 6.04 Å². The number of anilines is 1. The highest BCUT2D eigenvalue weighted by atomic mass is 19.1. The van der Waals surface area contributed by atoms with Crippen LogP contribution in [-0.4, -0.2) is 30.2 Å². The monoisotopic (exact) mass is 210 g/mol. The van der Waals surface area contributed by atoms with Gasteiger partial charge in [0, 0.05) is 13.1 Å². The van der Waals surface area contributed by atoms with Gasteiger partial charge in [-0.05, 0) is 18.2 Å². The van der Waals surface area contributed by atoms with Crippen molar-refractivity contribution in [1.29, 1.82) is 0 Å². The van der Waals surface area contributed by atoms with Crippen molar-refractivity contribution >= 4 is 11.7 Å². The number of hydrogen-bond donors (Lipinski definition) is 3. The molecule has 0 unspecified atom stereocenters. The summed E-state index contributed by atoms with van der Waals surface area (Å²) < 4.78 is 13.3. The molecule has 1 aromatic carbocycles. The molecule has 80 valence electrons. The zero-order valence-corrected chi connectivity index (χ0v) is 7.96. The van der Waals surface area contributed by atoms with Gasteiger partial charge in [-0.1, -0.05) is 0 Å². The third-order valence-electron chi connectivity index (χ3n) is 2.35. The van der Waals surface area contributed by atoms with Crippen LogP contribution in [0, 0.1) is 5.82 Å². The maximum atomic E-state index is 13.3. The van der Waals surface area contributed by atoms with Gasteiger partial charge < -0.3 is 15.7 Å². The number of carboxylic acids is 1. The van der Waals surface area contributed by atoms with Crippen LogP contribution >= 0.6 is 0 Å². The molecular formula is C10H11FN2O2. The molecule has 1 aliphatic heterocycles. The Bertz CT molecular complexity index is 391. The van der Waals surface area contributed by atoms with Crippen molar-refractivity contribution in [3.05, 3.63) is 29.6 Å². The van der Waals surface area contributed by atoms with Crippen molar-refractivity contribution in [3.8, 4) is 0 Å². The van der Waals surface area contributed by atoms with E-state index in [9.17, 15) is 9.18 Å². The van der Waals surface area contributed by atoms with E-state index in [2.05, 4.69) is 10.6 Å². The summed E-state index contributed by atoms with van der Waals surface area (Å²) in [5, 5.41) is 14.7. The summed E-state index contributed by atoms with van der Waals surface area (Å²) >= 11 is 0. The molecule has 1 aromatic rings. The molecule has 0 radical (unpaired) electrons. The number of carbonyl (C=O) groups is 1. The van der Waals surface area contributed by atoms with Gasteiger partial charge in [-0.2, -0.15) is 0 Å². The highest BCUT2D eigenvalue weighted by Crippen LogP contribution is 2.18. The summed E-state index contributed by atoms with van der Waals surface area (Å²) in [5.74, 6) is -1.48. The molecule has 1 aliphatic rings. The lowest BCUT2D eigenvalue weighted by Crippen LogP contribution is -2.51. The predicted octanol–water partition coefficient (Wildman–Crippen LogP) is 0.908. The van der Waals surface area contributed by atoms with Gasteiger partial charge in [0.05, 0.1) is 17.3 Å². The molecule has 4 nitrogen and oxygen atoms in total. The molecule has 0 aliphatic carbocycles. The van der Waals surface area contributed by atoms with Crippen molar-refractivity contribution in [2.24, 2.45) is 0 Å². The Labute approximate surface area is 86.1 Å². The molecule has 1 fully saturated rings. The first-order valence-electron chi connectivity index (χ1n) is 4.67. The topological polar surface area (TPSA) is 61.4 Å². The van der Waals surface area contributed by atoms with E-state index in [-0.39, 0.29) is 17.3 Å². The highest BCUT2D eigenvalue weighted by Gasteiger charge is 2.18. The summed E-state index contributed by atoms with van der Waals surface area (Å²) in [6, 6.07) is 3.92. The smallest absolute Gasteiger partial charge is 0.335 e. The molecule has 0 aromatic heterocycles. The van der Waals surface area contributed by atoms with Crippen molar-refractivity contribution in [1.82, 2.24) is 5.32 Å². The van der Waals surface area contributed by atoms with Crippen LogP contribution in [0.4, 0.5) is 10.1 Å². The Morgan fingerprint density at radius 2 is 2.27 bits per heavy atom. The second-order valence-electron chi connectivity index (χ2n) is 3.50. The van der Waals surface area contributed by atoms with Crippen LogP contribution in [0.5, 0.6) is 0 Å². The number of rotatable bonds is 3. The Morgan fingerprint density at radius 3 is 2.80 bits per heavy atom. The molecule has 1 saturated heterocycles. The van der Waals surface area contributed by atoms with Crippen LogP contribution in [0.25, 0.3) is 0 Å². The third-order valence-corrected chi connectivity index (χ3v) is 2.35. The number of benzene rings is 1. The number of halogens is 1. The fourth-order valence-corrected chi connectivity index (χ4v) is 1.38. The largest absolute Gasteiger partial charge is 0.478 e. The fourth-order valence-electron chi connectivity index (χ4n) is 1.38. The standard InChI is InChI=1S/C10H11FN2O2/c11-8-2-1-6(10(14)15)3-9(8)13-7-4-12-5-7/h1-3,7,12-13H,4-5H2,(H,14,15). The van der Waals surface area contributed by atoms with Crippen LogP contribution in [0.3, 0.4) is 0 Å². The average molecular weight is 210 g/mol. The molecule has 2 rings (SSSR count). The van der Waals surface area contributed by atoms with Crippen LogP contribution in [0.1, 0.15) is 10.4 Å². The van der Waals surface area contributed by atoms with Gasteiger partial charge in [0.2, 0.25) is 0 Å². The molecule has 0 atom stereocenters. The first kappa shape index (κ1) is 9.92. The number of aromatic carboxylic acids is 1. The van der Waals surface area contributed by atoms with Gasteiger partial charge in [0.25, 0.3) is 0 Å². The molecule has 1 heterocycles. The van der Waals surface area contributed by atoms with E-state index in [1.807, 2.05) is 0 Å². The minimum Gasteiger partial charge on any atom is -0.478 e. The highest BCUT2D eigenvalue weighted by molar-refractivity contribution is 5.88. The van der Waals surface area contributed by atoms with Gasteiger partial charge in [-0.15, -0.1) is 0 Å². The normalized spacial score (nSPS) is 15.8. The zero-order chi connectivity index (χ0) is 10.8. The number of hydrogen-bond acceptors (Lipinski definition) is 3. The summed E-state index contributed by atoms with van der Waals surface area (Å²) in [6.45, 7) is 1.55. The number of carboxylic acid groups (broad SMARTS) is 1. The molecule has 0 amide bonds. The van der Waals surface area contributed by atoms with Gasteiger partial charge in [-0.25, -0.2) is 9.18 Å². The van der Waals surface area contributed by atoms with Gasteiger partial charge in [0.1, 0.15) is 5.82 Å². The van der Waals surface area contributed by atoms with E-state index >= 15 is 0 Å². The lowest BCUT2D eigenvalue weighted by Gasteiger charge is -2.29. The fraction of sp³-hybridized carbons (Fsp3) is 0.300. The quantitative estimate of drug-likeness (QED) is 0.694. The second-order valence-corrected chi connectivity index (χ2v) is 3.50. The lowest BCUT2D eigenvalue weighted by atomic mass is 10.1. The van der Waals surface area contributed by atoms with E-state index < -0.39 is 11.8 Å². The minimum absolute atomic E-state index is 0.0891. The second kappa shape index (κ2) is 3.86. The number of nitrogens with one attached hydrogen (secondary N) is 2. The zero-order valence-electron chi connectivity index (χ0n) is 7.96. The summed E-state index contributed by atoms with van der Waals surface area (Å²) in [5.41, 5.74) is 0.340. The van der Waals surface area contributed by atoms with Crippen molar-refractivity contribution < 1.29 is 14.3 Å². The summed E-state index contributed by atoms with van der Waals surface area (Å²) in [6.07, 6.45) is 0. The Hall–Kier alpha value is -1.62. The molecule has 3 N–H and O–H groups in total. The molecule has 0 saturated carbocycles. The minimum atomic E-state index is -1.05. The van der Waals surface area contributed by atoms with Crippen LogP contribution in [0.15, 0.2) is 18.2 Å². The third kappa shape index (κ3) is 2.07. The first-order chi connectivity index (χ1) is 7.16. The predicted molar refractivity (Wildman–Crippen MR) is 53.6 cm³/mol. The van der Waals surface area contributed by atoms with E-state index in [1.165, 1.54) is 12.1 Å². The van der Waals surface area contributed by atoms with E-state index in [4.69, 9.17) is 5.11 Å². The Balaban J connectivity index is 2.19. The van der Waals surface area contributed by atoms with Gasteiger partial charge >= 0.3 is 5.97 Å². The molecule has 0 spiro atoms. The summed E-state index contributed by atoms with van der Waals surface area (Å²) in [7, 11) is 0. The summed E-state index contributed by atoms with van der Waals surface area (Å²) in [4.78, 5) is 10.7. The van der Waals surface area contributed by atoms with Gasteiger partial charge in [-0.3, -0.25) is 0 Å². The average Bonchev–Trinajstić information content (AvgIpc) is 2.13. The van der Waals surface area contributed by atoms with Crippen LogP contribution in [0.2, 0.25) is 0 Å². The maximum Gasteiger partial charge on any atom is 0.335 e. The molecular weight excluding hydrogens is 199 g/mol. The van der Waals surface area contributed by atoms with Crippen LogP contribution < -0.4 is 10.6 Å². The maximum absolute atomic E-state index is 13.3. The van der Waals surface area contributed by atoms with Crippen molar-refractivity contribution in [3.63, 3.8) is 0 Å². The molecule has 15 heavy (non-hydrogen) atoms. The lowest BCUT2D eigenvalue weighted by molar-refractivity contribution is 0.0697.